The van der Waals surface area contributed by atoms with E-state index in [1.165, 1.54) is 6.07 Å². The number of amides is 1. The number of benzene rings is 1. The molecule has 0 saturated heterocycles. The summed E-state index contributed by atoms with van der Waals surface area (Å²) in [5.41, 5.74) is 0.455. The third-order valence-electron chi connectivity index (χ3n) is 2.19. The Morgan fingerprint density at radius 3 is 2.83 bits per heavy atom. The number of aromatic hydroxyl groups is 1. The first kappa shape index (κ1) is 15.2. The van der Waals surface area contributed by atoms with Gasteiger partial charge in [0.15, 0.2) is 0 Å². The smallest absolute Gasteiger partial charge is 0.251 e. The van der Waals surface area contributed by atoms with E-state index in [-0.39, 0.29) is 11.7 Å². The van der Waals surface area contributed by atoms with Gasteiger partial charge in [0.25, 0.3) is 5.91 Å². The third kappa shape index (κ3) is 5.22. The fourth-order valence-electron chi connectivity index (χ4n) is 1.31. The van der Waals surface area contributed by atoms with Crippen LogP contribution in [0.3, 0.4) is 0 Å². The van der Waals surface area contributed by atoms with Gasteiger partial charge in [0, 0.05) is 18.7 Å². The summed E-state index contributed by atoms with van der Waals surface area (Å²) < 4.78 is 6.09. The van der Waals surface area contributed by atoms with E-state index < -0.39 is 0 Å². The Morgan fingerprint density at radius 1 is 1.50 bits per heavy atom. The Bertz CT molecular complexity index is 407. The maximum absolute atomic E-state index is 11.7. The van der Waals surface area contributed by atoms with Crippen molar-refractivity contribution in [2.45, 2.75) is 13.8 Å². The number of carbonyl (C=O) groups excluding carboxylic acids is 1. The molecule has 0 aliphatic carbocycles. The van der Waals surface area contributed by atoms with Crippen LogP contribution in [0.25, 0.3) is 0 Å². The van der Waals surface area contributed by atoms with Crippen LogP contribution in [0.15, 0.2) is 18.2 Å². The summed E-state index contributed by atoms with van der Waals surface area (Å²) in [6, 6.07) is 4.86. The van der Waals surface area contributed by atoms with Crippen molar-refractivity contribution in [1.82, 2.24) is 5.32 Å². The van der Waals surface area contributed by atoms with Gasteiger partial charge in [-0.1, -0.05) is 13.8 Å². The molecule has 0 atom stereocenters. The van der Waals surface area contributed by atoms with Crippen molar-refractivity contribution in [3.8, 4) is 5.75 Å². The van der Waals surface area contributed by atoms with E-state index >= 15 is 0 Å². The number of hydrogen-bond donors (Lipinski definition) is 2. The van der Waals surface area contributed by atoms with Crippen LogP contribution in [0.2, 0.25) is 0 Å². The van der Waals surface area contributed by atoms with Gasteiger partial charge in [-0.15, -0.1) is 0 Å². The minimum atomic E-state index is -0.199. The zero-order valence-electron chi connectivity index (χ0n) is 10.6. The van der Waals surface area contributed by atoms with Crippen molar-refractivity contribution in [2.75, 3.05) is 19.8 Å². The van der Waals surface area contributed by atoms with Crippen LogP contribution in [-0.2, 0) is 4.74 Å². The molecule has 18 heavy (non-hydrogen) atoms. The lowest BCUT2D eigenvalue weighted by Crippen LogP contribution is -2.27. The number of phenolic OH excluding ortho intramolecular Hbond substituents is 1. The van der Waals surface area contributed by atoms with E-state index in [1.807, 2.05) is 22.6 Å². The first-order valence-electron chi connectivity index (χ1n) is 5.85. The predicted molar refractivity (Wildman–Crippen MR) is 78.8 cm³/mol. The maximum Gasteiger partial charge on any atom is 0.251 e. The molecular formula is C13H18INO3. The SMILES string of the molecule is CC(C)COCCNC(=O)c1ccc(I)c(O)c1. The van der Waals surface area contributed by atoms with Crippen molar-refractivity contribution in [3.05, 3.63) is 27.3 Å². The molecule has 1 aromatic rings. The average Bonchev–Trinajstić information content (AvgIpc) is 2.31. The zero-order valence-corrected chi connectivity index (χ0v) is 12.7. The van der Waals surface area contributed by atoms with Crippen LogP contribution < -0.4 is 5.32 Å². The molecule has 2 N–H and O–H groups in total. The molecule has 0 aliphatic rings. The van der Waals surface area contributed by atoms with Crippen molar-refractivity contribution in [2.24, 2.45) is 5.92 Å². The van der Waals surface area contributed by atoms with Crippen molar-refractivity contribution in [1.29, 1.82) is 0 Å². The molecule has 0 radical (unpaired) electrons. The molecule has 0 spiro atoms. The van der Waals surface area contributed by atoms with Crippen molar-refractivity contribution in [3.63, 3.8) is 0 Å². The maximum atomic E-state index is 11.7. The molecule has 5 heteroatoms. The topological polar surface area (TPSA) is 58.6 Å². The standard InChI is InChI=1S/C13H18INO3/c1-9(2)8-18-6-5-15-13(17)10-3-4-11(14)12(16)7-10/h3-4,7,9,16H,5-6,8H2,1-2H3,(H,15,17). The van der Waals surface area contributed by atoms with E-state index in [2.05, 4.69) is 19.2 Å². The Hall–Kier alpha value is -0.820. The van der Waals surface area contributed by atoms with Gasteiger partial charge in [-0.2, -0.15) is 0 Å². The Balaban J connectivity index is 2.34. The summed E-state index contributed by atoms with van der Waals surface area (Å²) in [6.45, 7) is 5.82. The van der Waals surface area contributed by atoms with Crippen LogP contribution >= 0.6 is 22.6 Å². The van der Waals surface area contributed by atoms with Gasteiger partial charge in [0.1, 0.15) is 5.75 Å². The van der Waals surface area contributed by atoms with Gasteiger partial charge in [-0.05, 0) is 46.7 Å². The van der Waals surface area contributed by atoms with Gasteiger partial charge >= 0.3 is 0 Å². The van der Waals surface area contributed by atoms with Crippen LogP contribution in [0.4, 0.5) is 0 Å². The Labute approximate surface area is 121 Å². The van der Waals surface area contributed by atoms with Crippen LogP contribution in [-0.4, -0.2) is 30.8 Å². The van der Waals surface area contributed by atoms with Gasteiger partial charge in [0.2, 0.25) is 0 Å². The summed E-state index contributed by atoms with van der Waals surface area (Å²) in [4.78, 5) is 11.7. The van der Waals surface area contributed by atoms with E-state index in [4.69, 9.17) is 4.74 Å². The lowest BCUT2D eigenvalue weighted by atomic mass is 10.2. The second kappa shape index (κ2) is 7.58. The molecule has 1 rings (SSSR count). The number of rotatable bonds is 6. The molecule has 100 valence electrons. The molecule has 0 aliphatic heterocycles. The van der Waals surface area contributed by atoms with E-state index in [0.29, 0.717) is 31.2 Å². The number of hydrogen-bond acceptors (Lipinski definition) is 3. The fraction of sp³-hybridized carbons (Fsp3) is 0.462. The molecule has 0 fully saturated rings. The first-order valence-corrected chi connectivity index (χ1v) is 6.93. The zero-order chi connectivity index (χ0) is 13.5. The number of ether oxygens (including phenoxy) is 1. The molecule has 0 saturated carbocycles. The summed E-state index contributed by atoms with van der Waals surface area (Å²) in [6.07, 6.45) is 0. The molecule has 0 aromatic heterocycles. The molecule has 0 heterocycles. The quantitative estimate of drug-likeness (QED) is 0.603. The number of nitrogens with one attached hydrogen (secondary N) is 1. The predicted octanol–water partition coefficient (Wildman–Crippen LogP) is 2.40. The fourth-order valence-corrected chi connectivity index (χ4v) is 1.65. The summed E-state index contributed by atoms with van der Waals surface area (Å²) >= 11 is 2.01. The summed E-state index contributed by atoms with van der Waals surface area (Å²) in [5, 5.41) is 12.2. The van der Waals surface area contributed by atoms with Crippen LogP contribution in [0, 0.1) is 9.49 Å². The molecule has 0 unspecified atom stereocenters. The summed E-state index contributed by atoms with van der Waals surface area (Å²) in [5.74, 6) is 0.419. The van der Waals surface area contributed by atoms with Gasteiger partial charge in [-0.25, -0.2) is 0 Å². The molecule has 4 nitrogen and oxygen atoms in total. The average molecular weight is 363 g/mol. The minimum Gasteiger partial charge on any atom is -0.507 e. The monoisotopic (exact) mass is 363 g/mol. The number of carbonyl (C=O) groups is 1. The molecule has 1 aromatic carbocycles. The largest absolute Gasteiger partial charge is 0.507 e. The third-order valence-corrected chi connectivity index (χ3v) is 3.10. The normalized spacial score (nSPS) is 10.7. The Kier molecular flexibility index (Phi) is 6.42. The lowest BCUT2D eigenvalue weighted by Gasteiger charge is -2.08. The lowest BCUT2D eigenvalue weighted by molar-refractivity contribution is 0.0886. The van der Waals surface area contributed by atoms with E-state index in [1.54, 1.807) is 12.1 Å². The number of phenols is 1. The van der Waals surface area contributed by atoms with Gasteiger partial charge < -0.3 is 15.2 Å². The van der Waals surface area contributed by atoms with E-state index in [0.717, 1.165) is 3.57 Å². The van der Waals surface area contributed by atoms with Crippen molar-refractivity contribution >= 4 is 28.5 Å². The van der Waals surface area contributed by atoms with Crippen LogP contribution in [0.5, 0.6) is 5.75 Å². The van der Waals surface area contributed by atoms with Crippen molar-refractivity contribution < 1.29 is 14.6 Å². The summed E-state index contributed by atoms with van der Waals surface area (Å²) in [7, 11) is 0. The van der Waals surface area contributed by atoms with E-state index in [9.17, 15) is 9.90 Å². The highest BCUT2D eigenvalue weighted by Crippen LogP contribution is 2.20. The second-order valence-corrected chi connectivity index (χ2v) is 5.55. The highest BCUT2D eigenvalue weighted by Gasteiger charge is 2.07. The number of halogens is 1. The molecule has 1 amide bonds. The first-order chi connectivity index (χ1) is 8.50. The van der Waals surface area contributed by atoms with Crippen LogP contribution in [0.1, 0.15) is 24.2 Å². The molecule has 0 bridgehead atoms. The second-order valence-electron chi connectivity index (χ2n) is 4.39. The highest BCUT2D eigenvalue weighted by atomic mass is 127. The van der Waals surface area contributed by atoms with Gasteiger partial charge in [0.05, 0.1) is 10.2 Å². The molecular weight excluding hydrogens is 345 g/mol. The Morgan fingerprint density at radius 2 is 2.22 bits per heavy atom. The minimum absolute atomic E-state index is 0.124. The van der Waals surface area contributed by atoms with Gasteiger partial charge in [-0.3, -0.25) is 4.79 Å². The highest BCUT2D eigenvalue weighted by molar-refractivity contribution is 14.1.